The Labute approximate surface area is 157 Å². The van der Waals surface area contributed by atoms with E-state index in [0.717, 1.165) is 16.7 Å². The molecule has 6 heteroatoms. The van der Waals surface area contributed by atoms with Gasteiger partial charge in [0.25, 0.3) is 5.91 Å². The third-order valence-corrected chi connectivity index (χ3v) is 4.10. The first-order valence-electron chi connectivity index (χ1n) is 8.58. The molecule has 27 heavy (non-hydrogen) atoms. The van der Waals surface area contributed by atoms with E-state index in [1.807, 2.05) is 36.4 Å². The van der Waals surface area contributed by atoms with Crippen molar-refractivity contribution < 1.29 is 19.1 Å². The average Bonchev–Trinajstić information content (AvgIpc) is 2.72. The molecule has 0 unspecified atom stereocenters. The fourth-order valence-corrected chi connectivity index (χ4v) is 2.77. The molecule has 3 aromatic rings. The highest BCUT2D eigenvalue weighted by Crippen LogP contribution is 2.18. The molecule has 1 amide bonds. The number of carbonyl (C=O) groups is 2. The molecule has 0 spiro atoms. The van der Waals surface area contributed by atoms with E-state index in [1.165, 1.54) is 0 Å². The third-order valence-electron chi connectivity index (χ3n) is 4.10. The van der Waals surface area contributed by atoms with Crippen molar-refractivity contribution in [1.29, 1.82) is 0 Å². The monoisotopic (exact) mass is 364 g/mol. The van der Waals surface area contributed by atoms with Gasteiger partial charge in [0.05, 0.1) is 18.2 Å². The fraction of sp³-hybridized carbons (Fsp3) is 0.190. The number of aromatic nitrogens is 1. The maximum atomic E-state index is 12.3. The number of ether oxygens (including phenoxy) is 2. The summed E-state index contributed by atoms with van der Waals surface area (Å²) in [5, 5.41) is 3.58. The lowest BCUT2D eigenvalue weighted by atomic mass is 10.1. The number of methoxy groups -OCH3 is 1. The minimum atomic E-state index is -0.570. The second-order valence-corrected chi connectivity index (χ2v) is 5.87. The van der Waals surface area contributed by atoms with Crippen LogP contribution in [0.3, 0.4) is 0 Å². The molecule has 1 aromatic heterocycles. The first-order valence-corrected chi connectivity index (χ1v) is 8.58. The van der Waals surface area contributed by atoms with Gasteiger partial charge in [0, 0.05) is 18.1 Å². The predicted octanol–water partition coefficient (Wildman–Crippen LogP) is 2.76. The minimum absolute atomic E-state index is 0.339. The van der Waals surface area contributed by atoms with E-state index in [-0.39, 0.29) is 12.5 Å². The Hall–Kier alpha value is -3.41. The number of nitrogens with zero attached hydrogens (tertiary/aromatic N) is 1. The smallest absolute Gasteiger partial charge is 0.340 e. The lowest BCUT2D eigenvalue weighted by Crippen LogP contribution is -2.30. The van der Waals surface area contributed by atoms with Crippen molar-refractivity contribution >= 4 is 22.8 Å². The van der Waals surface area contributed by atoms with Crippen molar-refractivity contribution in [3.63, 3.8) is 0 Å². The van der Waals surface area contributed by atoms with Crippen LogP contribution in [0.15, 0.2) is 60.8 Å². The molecule has 3 rings (SSSR count). The van der Waals surface area contributed by atoms with Gasteiger partial charge in [-0.15, -0.1) is 0 Å². The van der Waals surface area contributed by atoms with Crippen LogP contribution in [0.2, 0.25) is 0 Å². The summed E-state index contributed by atoms with van der Waals surface area (Å²) in [6.45, 7) is 0.0839. The summed E-state index contributed by atoms with van der Waals surface area (Å²) in [7, 11) is 1.61. The van der Waals surface area contributed by atoms with Gasteiger partial charge in [0.15, 0.2) is 6.61 Å². The normalized spacial score (nSPS) is 10.4. The number of esters is 1. The summed E-state index contributed by atoms with van der Waals surface area (Å²) in [6.07, 6.45) is 2.24. The highest BCUT2D eigenvalue weighted by atomic mass is 16.5. The van der Waals surface area contributed by atoms with Crippen molar-refractivity contribution in [2.75, 3.05) is 20.3 Å². The van der Waals surface area contributed by atoms with Crippen LogP contribution in [-0.2, 0) is 16.0 Å². The Kier molecular flexibility index (Phi) is 5.99. The first-order chi connectivity index (χ1) is 13.2. The summed E-state index contributed by atoms with van der Waals surface area (Å²) in [6, 6.07) is 16.5. The second-order valence-electron chi connectivity index (χ2n) is 5.87. The lowest BCUT2D eigenvalue weighted by Gasteiger charge is -2.10. The number of rotatable bonds is 7. The molecule has 0 saturated heterocycles. The highest BCUT2D eigenvalue weighted by molar-refractivity contribution is 6.03. The molecule has 0 saturated carbocycles. The van der Waals surface area contributed by atoms with Crippen LogP contribution in [-0.4, -0.2) is 37.1 Å². The molecule has 6 nitrogen and oxygen atoms in total. The van der Waals surface area contributed by atoms with Gasteiger partial charge >= 0.3 is 5.97 Å². The predicted molar refractivity (Wildman–Crippen MR) is 102 cm³/mol. The van der Waals surface area contributed by atoms with Gasteiger partial charge in [-0.25, -0.2) is 4.79 Å². The third kappa shape index (κ3) is 4.61. The zero-order chi connectivity index (χ0) is 19.1. The summed E-state index contributed by atoms with van der Waals surface area (Å²) in [5.41, 5.74) is 1.90. The Morgan fingerprint density at radius 1 is 1.04 bits per heavy atom. The molecule has 0 atom stereocenters. The number of nitrogens with one attached hydrogen (secondary N) is 1. The minimum Gasteiger partial charge on any atom is -0.496 e. The topological polar surface area (TPSA) is 77.5 Å². The Morgan fingerprint density at radius 3 is 2.70 bits per heavy atom. The van der Waals surface area contributed by atoms with Crippen LogP contribution in [0.4, 0.5) is 0 Å². The molecule has 138 valence electrons. The summed E-state index contributed by atoms with van der Waals surface area (Å²) in [5.74, 6) is -0.146. The largest absolute Gasteiger partial charge is 0.496 e. The van der Waals surface area contributed by atoms with E-state index in [0.29, 0.717) is 24.0 Å². The van der Waals surface area contributed by atoms with Crippen LogP contribution in [0.5, 0.6) is 5.75 Å². The van der Waals surface area contributed by atoms with Crippen molar-refractivity contribution in [3.05, 3.63) is 71.9 Å². The van der Waals surface area contributed by atoms with Gasteiger partial charge < -0.3 is 14.8 Å². The zero-order valence-corrected chi connectivity index (χ0v) is 15.0. The van der Waals surface area contributed by atoms with Crippen molar-refractivity contribution in [2.45, 2.75) is 6.42 Å². The van der Waals surface area contributed by atoms with E-state index in [4.69, 9.17) is 9.47 Å². The molecule has 1 N–H and O–H groups in total. The van der Waals surface area contributed by atoms with E-state index < -0.39 is 5.97 Å². The van der Waals surface area contributed by atoms with Gasteiger partial charge in [-0.3, -0.25) is 9.78 Å². The Balaban J connectivity index is 1.51. The number of amides is 1. The van der Waals surface area contributed by atoms with Gasteiger partial charge in [-0.2, -0.15) is 0 Å². The van der Waals surface area contributed by atoms with Gasteiger partial charge in [-0.05, 0) is 30.2 Å². The highest BCUT2D eigenvalue weighted by Gasteiger charge is 2.14. The molecule has 2 aromatic carbocycles. The van der Waals surface area contributed by atoms with E-state index in [1.54, 1.807) is 31.5 Å². The van der Waals surface area contributed by atoms with E-state index in [9.17, 15) is 9.59 Å². The molecule has 0 radical (unpaired) electrons. The van der Waals surface area contributed by atoms with Crippen LogP contribution in [0.25, 0.3) is 10.9 Å². The quantitative estimate of drug-likeness (QED) is 0.652. The molecule has 0 aliphatic rings. The van der Waals surface area contributed by atoms with Crippen molar-refractivity contribution in [3.8, 4) is 5.75 Å². The SMILES string of the molecule is COc1ccccc1CCNC(=O)COC(=O)c1cccc2cccnc12. The van der Waals surface area contributed by atoms with Crippen LogP contribution >= 0.6 is 0 Å². The molecule has 0 fully saturated rings. The first kappa shape index (κ1) is 18.4. The van der Waals surface area contributed by atoms with Crippen LogP contribution in [0.1, 0.15) is 15.9 Å². The second kappa shape index (κ2) is 8.80. The average molecular weight is 364 g/mol. The van der Waals surface area contributed by atoms with Crippen LogP contribution in [0, 0.1) is 0 Å². The van der Waals surface area contributed by atoms with Crippen molar-refractivity contribution in [1.82, 2.24) is 10.3 Å². The molecule has 0 aliphatic carbocycles. The number of pyridine rings is 1. The summed E-state index contributed by atoms with van der Waals surface area (Å²) < 4.78 is 10.4. The Morgan fingerprint density at radius 2 is 1.85 bits per heavy atom. The maximum Gasteiger partial charge on any atom is 0.340 e. The number of para-hydroxylation sites is 2. The fourth-order valence-electron chi connectivity index (χ4n) is 2.77. The Bertz CT molecular complexity index is 950. The molecule has 0 bridgehead atoms. The maximum absolute atomic E-state index is 12.3. The number of hydrogen-bond acceptors (Lipinski definition) is 5. The van der Waals surface area contributed by atoms with Gasteiger partial charge in [0.2, 0.25) is 0 Å². The molecule has 0 aliphatic heterocycles. The van der Waals surface area contributed by atoms with E-state index >= 15 is 0 Å². The molecular formula is C21H20N2O4. The van der Waals surface area contributed by atoms with Crippen molar-refractivity contribution in [2.24, 2.45) is 0 Å². The number of hydrogen-bond donors (Lipinski definition) is 1. The summed E-state index contributed by atoms with van der Waals surface area (Å²) >= 11 is 0. The summed E-state index contributed by atoms with van der Waals surface area (Å²) in [4.78, 5) is 28.5. The van der Waals surface area contributed by atoms with Crippen LogP contribution < -0.4 is 10.1 Å². The standard InChI is InChI=1S/C21H20N2O4/c1-26-18-10-3-2-6-15(18)11-13-22-19(24)14-27-21(25)17-9-4-7-16-8-5-12-23-20(16)17/h2-10,12H,11,13-14H2,1H3,(H,22,24). The molecular weight excluding hydrogens is 344 g/mol. The number of carbonyl (C=O) groups excluding carboxylic acids is 2. The number of benzene rings is 2. The molecule has 1 heterocycles. The van der Waals surface area contributed by atoms with E-state index in [2.05, 4.69) is 10.3 Å². The van der Waals surface area contributed by atoms with Gasteiger partial charge in [-0.1, -0.05) is 36.4 Å². The van der Waals surface area contributed by atoms with Gasteiger partial charge in [0.1, 0.15) is 5.75 Å². The number of fused-ring (bicyclic) bond motifs is 1. The zero-order valence-electron chi connectivity index (χ0n) is 15.0. The lowest BCUT2D eigenvalue weighted by molar-refractivity contribution is -0.124.